The monoisotopic (exact) mass is 316 g/mol. The van der Waals surface area contributed by atoms with Crippen LogP contribution >= 0.6 is 15.9 Å². The van der Waals surface area contributed by atoms with E-state index < -0.39 is 0 Å². The van der Waals surface area contributed by atoms with Gasteiger partial charge in [0, 0.05) is 28.5 Å². The van der Waals surface area contributed by atoms with Gasteiger partial charge in [0.15, 0.2) is 0 Å². The van der Waals surface area contributed by atoms with Crippen LogP contribution in [0.4, 0.5) is 0 Å². The van der Waals surface area contributed by atoms with E-state index >= 15 is 0 Å². The van der Waals surface area contributed by atoms with Crippen LogP contribution in [0.2, 0.25) is 0 Å². The van der Waals surface area contributed by atoms with E-state index in [9.17, 15) is 4.79 Å². The predicted octanol–water partition coefficient (Wildman–Crippen LogP) is 3.40. The molecule has 1 heterocycles. The average Bonchev–Trinajstić information content (AvgIpc) is 3.23. The van der Waals surface area contributed by atoms with Crippen LogP contribution in [0.25, 0.3) is 11.1 Å². The lowest BCUT2D eigenvalue weighted by atomic mass is 10.0. The minimum Gasteiger partial charge on any atom is -0.349 e. The molecule has 1 aliphatic carbocycles. The number of halogens is 1. The lowest BCUT2D eigenvalue weighted by Gasteiger charge is -2.07. The quantitative estimate of drug-likeness (QED) is 0.943. The lowest BCUT2D eigenvalue weighted by molar-refractivity contribution is 0.0951. The molecular formula is C15H13BrN2O. The predicted molar refractivity (Wildman–Crippen MR) is 77.9 cm³/mol. The van der Waals surface area contributed by atoms with Crippen LogP contribution in [-0.4, -0.2) is 16.9 Å². The smallest absolute Gasteiger partial charge is 0.251 e. The van der Waals surface area contributed by atoms with Gasteiger partial charge >= 0.3 is 0 Å². The third-order valence-corrected chi connectivity index (χ3v) is 3.54. The second-order valence-corrected chi connectivity index (χ2v) is 5.63. The fourth-order valence-corrected chi connectivity index (χ4v) is 2.42. The maximum atomic E-state index is 12.1. The van der Waals surface area contributed by atoms with Crippen LogP contribution in [0.3, 0.4) is 0 Å². The summed E-state index contributed by atoms with van der Waals surface area (Å²) in [7, 11) is 0. The summed E-state index contributed by atoms with van der Waals surface area (Å²) < 4.78 is 0.905. The van der Waals surface area contributed by atoms with Crippen LogP contribution in [0.15, 0.2) is 47.2 Å². The molecular weight excluding hydrogens is 304 g/mol. The Hall–Kier alpha value is -1.68. The molecule has 1 N–H and O–H groups in total. The third kappa shape index (κ3) is 3.01. The Bertz CT molecular complexity index is 609. The Kier molecular flexibility index (Phi) is 3.34. The normalized spacial score (nSPS) is 14.2. The molecule has 0 radical (unpaired) electrons. The summed E-state index contributed by atoms with van der Waals surface area (Å²) in [5.41, 5.74) is 2.75. The Balaban J connectivity index is 1.93. The van der Waals surface area contributed by atoms with Gasteiger partial charge < -0.3 is 5.32 Å². The van der Waals surface area contributed by atoms with Crippen LogP contribution in [-0.2, 0) is 0 Å². The van der Waals surface area contributed by atoms with Gasteiger partial charge in [-0.05, 0) is 54.3 Å². The summed E-state index contributed by atoms with van der Waals surface area (Å²) >= 11 is 3.46. The van der Waals surface area contributed by atoms with E-state index in [-0.39, 0.29) is 5.91 Å². The first-order chi connectivity index (χ1) is 9.22. The highest BCUT2D eigenvalue weighted by Crippen LogP contribution is 2.25. The SMILES string of the molecule is O=C(NC1CC1)c1cc(Br)cc(-c2ccncc2)c1. The number of hydrogen-bond donors (Lipinski definition) is 1. The molecule has 0 saturated heterocycles. The summed E-state index contributed by atoms with van der Waals surface area (Å²) in [5, 5.41) is 3.00. The molecule has 1 fully saturated rings. The van der Waals surface area contributed by atoms with Gasteiger partial charge in [-0.2, -0.15) is 0 Å². The molecule has 1 aliphatic rings. The number of amides is 1. The van der Waals surface area contributed by atoms with Gasteiger partial charge in [0.1, 0.15) is 0 Å². The number of aromatic nitrogens is 1. The topological polar surface area (TPSA) is 42.0 Å². The minimum absolute atomic E-state index is 0.000828. The number of nitrogens with zero attached hydrogens (tertiary/aromatic N) is 1. The number of rotatable bonds is 3. The molecule has 4 heteroatoms. The zero-order valence-electron chi connectivity index (χ0n) is 10.3. The zero-order valence-corrected chi connectivity index (χ0v) is 11.9. The van der Waals surface area contributed by atoms with Crippen molar-refractivity contribution < 1.29 is 4.79 Å². The van der Waals surface area contributed by atoms with Crippen molar-refractivity contribution in [3.8, 4) is 11.1 Å². The number of carbonyl (C=O) groups excluding carboxylic acids is 1. The molecule has 0 bridgehead atoms. The summed E-state index contributed by atoms with van der Waals surface area (Å²) in [4.78, 5) is 16.1. The molecule has 1 aromatic heterocycles. The molecule has 0 atom stereocenters. The first-order valence-corrected chi connectivity index (χ1v) is 7.03. The molecule has 0 aliphatic heterocycles. The van der Waals surface area contributed by atoms with Crippen molar-refractivity contribution in [1.29, 1.82) is 0 Å². The molecule has 0 spiro atoms. The van der Waals surface area contributed by atoms with E-state index in [4.69, 9.17) is 0 Å². The third-order valence-electron chi connectivity index (χ3n) is 3.09. The van der Waals surface area contributed by atoms with E-state index in [1.807, 2.05) is 30.3 Å². The second-order valence-electron chi connectivity index (χ2n) is 4.71. The standard InChI is InChI=1S/C15H13BrN2O/c16-13-8-11(10-3-5-17-6-4-10)7-12(9-13)15(19)18-14-1-2-14/h3-9,14H,1-2H2,(H,18,19). The van der Waals surface area contributed by atoms with E-state index in [2.05, 4.69) is 26.2 Å². The number of nitrogens with one attached hydrogen (secondary N) is 1. The van der Waals surface area contributed by atoms with Gasteiger partial charge in [-0.3, -0.25) is 9.78 Å². The molecule has 3 nitrogen and oxygen atoms in total. The van der Waals surface area contributed by atoms with Crippen LogP contribution in [0, 0.1) is 0 Å². The van der Waals surface area contributed by atoms with E-state index in [1.165, 1.54) is 0 Å². The highest BCUT2D eigenvalue weighted by molar-refractivity contribution is 9.10. The first kappa shape index (κ1) is 12.4. The van der Waals surface area contributed by atoms with Crippen molar-refractivity contribution in [3.05, 3.63) is 52.8 Å². The van der Waals surface area contributed by atoms with Crippen molar-refractivity contribution in [3.63, 3.8) is 0 Å². The van der Waals surface area contributed by atoms with E-state index in [1.54, 1.807) is 12.4 Å². The van der Waals surface area contributed by atoms with E-state index in [0.29, 0.717) is 11.6 Å². The summed E-state index contributed by atoms with van der Waals surface area (Å²) in [6.45, 7) is 0. The lowest BCUT2D eigenvalue weighted by Crippen LogP contribution is -2.25. The molecule has 0 unspecified atom stereocenters. The summed E-state index contributed by atoms with van der Waals surface area (Å²) in [6.07, 6.45) is 5.69. The van der Waals surface area contributed by atoms with Gasteiger partial charge in [-0.1, -0.05) is 15.9 Å². The maximum Gasteiger partial charge on any atom is 0.251 e. The molecule has 19 heavy (non-hydrogen) atoms. The minimum atomic E-state index is -0.000828. The molecule has 96 valence electrons. The fourth-order valence-electron chi connectivity index (χ4n) is 1.93. The highest BCUT2D eigenvalue weighted by atomic mass is 79.9. The Morgan fingerprint density at radius 3 is 2.58 bits per heavy atom. The number of hydrogen-bond acceptors (Lipinski definition) is 2. The van der Waals surface area contributed by atoms with Crippen LogP contribution in [0.5, 0.6) is 0 Å². The van der Waals surface area contributed by atoms with Gasteiger partial charge in [-0.15, -0.1) is 0 Å². The average molecular weight is 317 g/mol. The van der Waals surface area contributed by atoms with Gasteiger partial charge in [0.05, 0.1) is 0 Å². The largest absolute Gasteiger partial charge is 0.349 e. The van der Waals surface area contributed by atoms with Crippen LogP contribution in [0.1, 0.15) is 23.2 Å². The Labute approximate surface area is 120 Å². The highest BCUT2D eigenvalue weighted by Gasteiger charge is 2.24. The van der Waals surface area contributed by atoms with E-state index in [0.717, 1.165) is 28.4 Å². The van der Waals surface area contributed by atoms with Crippen molar-refractivity contribution in [2.75, 3.05) is 0 Å². The van der Waals surface area contributed by atoms with Crippen molar-refractivity contribution in [2.45, 2.75) is 18.9 Å². The fraction of sp³-hybridized carbons (Fsp3) is 0.200. The van der Waals surface area contributed by atoms with Gasteiger partial charge in [0.25, 0.3) is 5.91 Å². The van der Waals surface area contributed by atoms with Gasteiger partial charge in [-0.25, -0.2) is 0 Å². The van der Waals surface area contributed by atoms with Crippen molar-refractivity contribution in [2.24, 2.45) is 0 Å². The summed E-state index contributed by atoms with van der Waals surface area (Å²) in [5.74, 6) is -0.000828. The number of pyridine rings is 1. The Morgan fingerprint density at radius 1 is 1.16 bits per heavy atom. The summed E-state index contributed by atoms with van der Waals surface area (Å²) in [6, 6.07) is 10.0. The molecule has 2 aromatic rings. The van der Waals surface area contributed by atoms with Gasteiger partial charge in [0.2, 0.25) is 0 Å². The molecule has 1 aromatic carbocycles. The number of carbonyl (C=O) groups is 1. The second kappa shape index (κ2) is 5.13. The number of benzene rings is 1. The maximum absolute atomic E-state index is 12.1. The van der Waals surface area contributed by atoms with Crippen molar-refractivity contribution >= 4 is 21.8 Å². The van der Waals surface area contributed by atoms with Crippen molar-refractivity contribution in [1.82, 2.24) is 10.3 Å². The Morgan fingerprint density at radius 2 is 1.89 bits per heavy atom. The molecule has 3 rings (SSSR count). The molecule has 1 amide bonds. The first-order valence-electron chi connectivity index (χ1n) is 6.24. The molecule has 1 saturated carbocycles. The van der Waals surface area contributed by atoms with Crippen LogP contribution < -0.4 is 5.32 Å². The zero-order chi connectivity index (χ0) is 13.2.